The summed E-state index contributed by atoms with van der Waals surface area (Å²) in [6, 6.07) is 7.76. The molecule has 0 amide bonds. The Kier molecular flexibility index (Phi) is 5.02. The number of hydrogen-bond acceptors (Lipinski definition) is 2. The first-order valence-corrected chi connectivity index (χ1v) is 7.55. The second kappa shape index (κ2) is 6.76. The topological polar surface area (TPSA) is 54.3 Å². The number of hydrogen-bond donors (Lipinski definition) is 2. The van der Waals surface area contributed by atoms with E-state index < -0.39 is 12.0 Å². The highest BCUT2D eigenvalue weighted by Gasteiger charge is 2.18. The van der Waals surface area contributed by atoms with Crippen molar-refractivity contribution in [3.63, 3.8) is 0 Å². The Labute approximate surface area is 125 Å². The van der Waals surface area contributed by atoms with Gasteiger partial charge in [-0.25, -0.2) is 0 Å². The minimum atomic E-state index is -0.775. The highest BCUT2D eigenvalue weighted by molar-refractivity contribution is 5.84. The fourth-order valence-electron chi connectivity index (χ4n) is 2.70. The van der Waals surface area contributed by atoms with Crippen LogP contribution in [0.4, 0.5) is 0 Å². The predicted octanol–water partition coefficient (Wildman–Crippen LogP) is 3.25. The van der Waals surface area contributed by atoms with E-state index in [9.17, 15) is 9.90 Å². The van der Waals surface area contributed by atoms with Crippen molar-refractivity contribution in [1.82, 2.24) is 9.88 Å². The maximum absolute atomic E-state index is 11.3. The summed E-state index contributed by atoms with van der Waals surface area (Å²) in [6.07, 6.45) is 2.76. The van der Waals surface area contributed by atoms with Gasteiger partial charge in [0.25, 0.3) is 0 Å². The van der Waals surface area contributed by atoms with Crippen molar-refractivity contribution in [3.8, 4) is 0 Å². The van der Waals surface area contributed by atoms with Gasteiger partial charge in [0, 0.05) is 30.2 Å². The lowest BCUT2D eigenvalue weighted by atomic mass is 10.0. The summed E-state index contributed by atoms with van der Waals surface area (Å²) in [5.74, 6) is -0.418. The molecule has 2 rings (SSSR count). The maximum atomic E-state index is 11.3. The Morgan fingerprint density at radius 2 is 2.05 bits per heavy atom. The summed E-state index contributed by atoms with van der Waals surface area (Å²) < 4.78 is 2.20. The quantitative estimate of drug-likeness (QED) is 0.822. The van der Waals surface area contributed by atoms with E-state index in [1.807, 2.05) is 26.0 Å². The van der Waals surface area contributed by atoms with Gasteiger partial charge in [-0.05, 0) is 30.9 Å². The van der Waals surface area contributed by atoms with E-state index in [0.717, 1.165) is 12.1 Å². The van der Waals surface area contributed by atoms with Crippen molar-refractivity contribution < 1.29 is 9.90 Å². The van der Waals surface area contributed by atoms with Gasteiger partial charge in [0.2, 0.25) is 0 Å². The molecule has 1 atom stereocenters. The first kappa shape index (κ1) is 15.6. The van der Waals surface area contributed by atoms with Crippen LogP contribution in [0.25, 0.3) is 10.9 Å². The van der Waals surface area contributed by atoms with Crippen molar-refractivity contribution >= 4 is 16.9 Å². The Balaban J connectivity index is 2.17. The molecule has 0 aliphatic heterocycles. The van der Waals surface area contributed by atoms with Gasteiger partial charge in [-0.2, -0.15) is 0 Å². The monoisotopic (exact) mass is 288 g/mol. The molecule has 0 aliphatic rings. The molecule has 4 nitrogen and oxygen atoms in total. The van der Waals surface area contributed by atoms with Gasteiger partial charge >= 0.3 is 5.97 Å². The fraction of sp³-hybridized carbons (Fsp3) is 0.471. The van der Waals surface area contributed by atoms with Crippen LogP contribution in [-0.2, 0) is 17.9 Å². The number of aromatic nitrogens is 1. The number of rotatable bonds is 7. The molecule has 1 aromatic heterocycles. The number of carboxylic acids is 1. The van der Waals surface area contributed by atoms with E-state index in [0.29, 0.717) is 18.9 Å². The first-order valence-electron chi connectivity index (χ1n) is 7.55. The van der Waals surface area contributed by atoms with Crippen LogP contribution >= 0.6 is 0 Å². The van der Waals surface area contributed by atoms with Crippen LogP contribution in [0.15, 0.2) is 30.5 Å². The van der Waals surface area contributed by atoms with Crippen LogP contribution in [0.2, 0.25) is 0 Å². The average molecular weight is 288 g/mol. The molecule has 0 fully saturated rings. The summed E-state index contributed by atoms with van der Waals surface area (Å²) in [4.78, 5) is 11.3. The lowest BCUT2D eigenvalue weighted by molar-refractivity contribution is -0.140. The van der Waals surface area contributed by atoms with Crippen LogP contribution in [0, 0.1) is 5.92 Å². The third-order valence-electron chi connectivity index (χ3n) is 3.76. The average Bonchev–Trinajstić information content (AvgIpc) is 2.81. The van der Waals surface area contributed by atoms with Crippen LogP contribution in [0.1, 0.15) is 32.8 Å². The lowest BCUT2D eigenvalue weighted by Crippen LogP contribution is -2.37. The summed E-state index contributed by atoms with van der Waals surface area (Å²) in [5.41, 5.74) is 2.36. The van der Waals surface area contributed by atoms with Crippen molar-refractivity contribution in [2.45, 2.75) is 46.3 Å². The van der Waals surface area contributed by atoms with E-state index in [1.54, 1.807) is 0 Å². The molecule has 4 heteroatoms. The van der Waals surface area contributed by atoms with E-state index in [2.05, 4.69) is 35.1 Å². The minimum absolute atomic E-state index is 0.357. The zero-order valence-corrected chi connectivity index (χ0v) is 13.0. The molecule has 0 unspecified atom stereocenters. The summed E-state index contributed by atoms with van der Waals surface area (Å²) >= 11 is 0. The molecule has 2 aromatic rings. The molecule has 0 radical (unpaired) electrons. The van der Waals surface area contributed by atoms with Gasteiger partial charge in [0.15, 0.2) is 0 Å². The molecule has 21 heavy (non-hydrogen) atoms. The zero-order chi connectivity index (χ0) is 15.4. The second-order valence-corrected chi connectivity index (χ2v) is 5.86. The van der Waals surface area contributed by atoms with Crippen molar-refractivity contribution in [2.24, 2.45) is 5.92 Å². The smallest absolute Gasteiger partial charge is 0.320 e. The second-order valence-electron chi connectivity index (χ2n) is 5.86. The van der Waals surface area contributed by atoms with Crippen LogP contribution in [0.3, 0.4) is 0 Å². The van der Waals surface area contributed by atoms with E-state index >= 15 is 0 Å². The third kappa shape index (κ3) is 3.64. The first-order chi connectivity index (χ1) is 10.0. The number of aliphatic carboxylic acids is 1. The van der Waals surface area contributed by atoms with Crippen molar-refractivity contribution in [2.75, 3.05) is 0 Å². The number of carbonyl (C=O) groups is 1. The van der Waals surface area contributed by atoms with E-state index in [4.69, 9.17) is 0 Å². The van der Waals surface area contributed by atoms with Gasteiger partial charge in [-0.3, -0.25) is 4.79 Å². The molecule has 0 aliphatic carbocycles. The number of nitrogens with one attached hydrogen (secondary N) is 1. The zero-order valence-electron chi connectivity index (χ0n) is 13.0. The number of nitrogens with zero attached hydrogens (tertiary/aromatic N) is 1. The molecule has 0 spiro atoms. The molecule has 1 aromatic carbocycles. The molecule has 0 saturated heterocycles. The van der Waals surface area contributed by atoms with Crippen molar-refractivity contribution in [1.29, 1.82) is 0 Å². The summed E-state index contributed by atoms with van der Waals surface area (Å²) in [7, 11) is 0. The predicted molar refractivity (Wildman–Crippen MR) is 85.3 cm³/mol. The van der Waals surface area contributed by atoms with Gasteiger partial charge < -0.3 is 15.0 Å². The fourth-order valence-corrected chi connectivity index (χ4v) is 2.70. The van der Waals surface area contributed by atoms with E-state index in [-0.39, 0.29) is 0 Å². The molecule has 114 valence electrons. The highest BCUT2D eigenvalue weighted by atomic mass is 16.4. The van der Waals surface area contributed by atoms with Crippen LogP contribution in [-0.4, -0.2) is 21.7 Å². The number of benzene rings is 1. The highest BCUT2D eigenvalue weighted by Crippen LogP contribution is 2.21. The largest absolute Gasteiger partial charge is 0.480 e. The van der Waals surface area contributed by atoms with E-state index in [1.165, 1.54) is 10.9 Å². The van der Waals surface area contributed by atoms with Crippen LogP contribution in [0.5, 0.6) is 0 Å². The summed E-state index contributed by atoms with van der Waals surface area (Å²) in [6.45, 7) is 7.69. The third-order valence-corrected chi connectivity index (χ3v) is 3.76. The van der Waals surface area contributed by atoms with Gasteiger partial charge in [0.1, 0.15) is 6.04 Å². The molecular formula is C17H24N2O2. The molecule has 0 saturated carbocycles. The minimum Gasteiger partial charge on any atom is -0.480 e. The van der Waals surface area contributed by atoms with Gasteiger partial charge in [-0.15, -0.1) is 0 Å². The molecular weight excluding hydrogens is 264 g/mol. The standard InChI is InChI=1S/C17H24N2O2/c1-4-19-11-13(14-7-5-6-8-16(14)19)10-18-15(17(20)21)9-12(2)3/h5-8,11-12,15,18H,4,9-10H2,1-3H3,(H,20,21)/t15-/m0/s1. The number of para-hydroxylation sites is 1. The SMILES string of the molecule is CCn1cc(CN[C@@H](CC(C)C)C(=O)O)c2ccccc21. The lowest BCUT2D eigenvalue weighted by Gasteiger charge is -2.16. The Bertz CT molecular complexity index is 616. The van der Waals surface area contributed by atoms with Crippen LogP contribution < -0.4 is 5.32 Å². The normalized spacial score (nSPS) is 13.0. The molecule has 1 heterocycles. The Morgan fingerprint density at radius 3 is 2.67 bits per heavy atom. The number of fused-ring (bicyclic) bond motifs is 1. The molecule has 0 bridgehead atoms. The van der Waals surface area contributed by atoms with Gasteiger partial charge in [-0.1, -0.05) is 32.0 Å². The number of aryl methyl sites for hydroxylation is 1. The maximum Gasteiger partial charge on any atom is 0.320 e. The summed E-state index contributed by atoms with van der Waals surface area (Å²) in [5, 5.41) is 13.7. The molecule has 2 N–H and O–H groups in total. The van der Waals surface area contributed by atoms with Gasteiger partial charge in [0.05, 0.1) is 0 Å². The van der Waals surface area contributed by atoms with Crippen molar-refractivity contribution in [3.05, 3.63) is 36.0 Å². The number of carboxylic acid groups (broad SMARTS) is 1. The Hall–Kier alpha value is -1.81. The Morgan fingerprint density at radius 1 is 1.33 bits per heavy atom.